The fourth-order valence-electron chi connectivity index (χ4n) is 0.139. The maximum Gasteiger partial charge on any atom is 0.503 e. The zero-order valence-corrected chi connectivity index (χ0v) is 7.50. The maximum atomic E-state index is 9.63. The Morgan fingerprint density at radius 2 is 1.08 bits per heavy atom. The summed E-state index contributed by atoms with van der Waals surface area (Å²) in [4.78, 5) is 39.6. The quantitative estimate of drug-likeness (QED) is 0.341. The lowest BCUT2D eigenvalue weighted by Crippen LogP contribution is -1.84. The Kier molecular flexibility index (Phi) is 6.13. The van der Waals surface area contributed by atoms with Crippen LogP contribution in [0.15, 0.2) is 0 Å². The van der Waals surface area contributed by atoms with E-state index in [0.29, 0.717) is 0 Å². The first kappa shape index (κ1) is 15.0. The van der Waals surface area contributed by atoms with Gasteiger partial charge in [0.25, 0.3) is 0 Å². The summed E-state index contributed by atoms with van der Waals surface area (Å²) < 4.78 is 22.2. The third-order valence-electron chi connectivity index (χ3n) is 0.213. The van der Waals surface area contributed by atoms with Gasteiger partial charge in [-0.1, -0.05) is 0 Å². The smallest absolute Gasteiger partial charge is 0.450 e. The van der Waals surface area contributed by atoms with E-state index in [9.17, 15) is 9.13 Å². The van der Waals surface area contributed by atoms with Gasteiger partial charge in [0.1, 0.15) is 0 Å². The molecule has 80 valence electrons. The molecule has 0 bridgehead atoms. The summed E-state index contributed by atoms with van der Waals surface area (Å²) in [6.07, 6.45) is -1.83. The number of carbonyl (C=O) groups is 1. The second-order valence-electron chi connectivity index (χ2n) is 1.35. The Labute approximate surface area is 70.9 Å². The zero-order chi connectivity index (χ0) is 11.3. The molecule has 13 heavy (non-hydrogen) atoms. The van der Waals surface area contributed by atoms with E-state index >= 15 is 0 Å². The molecule has 0 atom stereocenters. The van der Waals surface area contributed by atoms with Crippen LogP contribution in [0.25, 0.3) is 0 Å². The van der Waals surface area contributed by atoms with Crippen molar-refractivity contribution in [3.63, 3.8) is 0 Å². The minimum Gasteiger partial charge on any atom is -0.450 e. The average molecular weight is 240 g/mol. The van der Waals surface area contributed by atoms with E-state index in [4.69, 9.17) is 34.6 Å². The van der Waals surface area contributed by atoms with Crippen molar-refractivity contribution in [3.8, 4) is 0 Å². The minimum atomic E-state index is -5.05. The van der Waals surface area contributed by atoms with Crippen molar-refractivity contribution in [2.45, 2.75) is 0 Å². The van der Waals surface area contributed by atoms with Gasteiger partial charge in [0, 0.05) is 0 Å². The highest BCUT2D eigenvalue weighted by molar-refractivity contribution is 7.60. The van der Waals surface area contributed by atoms with Crippen LogP contribution in [-0.4, -0.2) is 35.9 Å². The van der Waals surface area contributed by atoms with E-state index in [1.165, 1.54) is 0 Å². The van der Waals surface area contributed by atoms with Crippen LogP contribution in [0.5, 0.6) is 0 Å². The van der Waals surface area contributed by atoms with Crippen molar-refractivity contribution in [3.05, 3.63) is 0 Å². The van der Waals surface area contributed by atoms with Gasteiger partial charge in [0.05, 0.1) is 0 Å². The molecule has 0 radical (unpaired) electrons. The van der Waals surface area contributed by atoms with Gasteiger partial charge < -0.3 is 29.8 Å². The fourth-order valence-corrected chi connectivity index (χ4v) is 1.25. The third-order valence-corrected chi connectivity index (χ3v) is 1.91. The molecule has 0 saturated heterocycles. The first-order valence-corrected chi connectivity index (χ1v) is 5.24. The van der Waals surface area contributed by atoms with Crippen LogP contribution in [0, 0.1) is 0 Å². The lowest BCUT2D eigenvalue weighted by atomic mass is 11.5. The second-order valence-corrected chi connectivity index (χ2v) is 3.96. The number of rotatable bonds is 2. The molecule has 0 aliphatic heterocycles. The van der Waals surface area contributed by atoms with Gasteiger partial charge >= 0.3 is 21.8 Å². The molecule has 0 rings (SSSR count). The van der Waals surface area contributed by atoms with E-state index in [-0.39, 0.29) is 0 Å². The van der Waals surface area contributed by atoms with Crippen molar-refractivity contribution in [2.24, 2.45) is 0 Å². The van der Waals surface area contributed by atoms with E-state index in [1.54, 1.807) is 0 Å². The molecular weight excluding hydrogens is 234 g/mol. The summed E-state index contributed by atoms with van der Waals surface area (Å²) in [5.41, 5.74) is 0. The molecule has 0 heterocycles. The molecule has 0 aliphatic carbocycles. The van der Waals surface area contributed by atoms with Crippen molar-refractivity contribution < 1.29 is 48.0 Å². The standard InChI is InChI=1S/CH2O3.H4O7P2/c2-1(3)4;1-8(2,3)7-9(4,5)6/h(H2,2,3,4);(H2,1,2,3)(H2,4,5,6). The van der Waals surface area contributed by atoms with E-state index < -0.39 is 21.8 Å². The molecule has 10 nitrogen and oxygen atoms in total. The Morgan fingerprint density at radius 3 is 1.08 bits per heavy atom. The molecule has 0 aromatic heterocycles. The minimum absolute atomic E-state index is 1.83. The molecule has 0 saturated carbocycles. The second kappa shape index (κ2) is 5.30. The summed E-state index contributed by atoms with van der Waals surface area (Å²) in [5.74, 6) is 0. The normalized spacial score (nSPS) is 11.4. The largest absolute Gasteiger partial charge is 0.503 e. The average Bonchev–Trinajstić information content (AvgIpc) is 1.47. The highest BCUT2D eigenvalue weighted by atomic mass is 31.3. The molecule has 6 N–H and O–H groups in total. The van der Waals surface area contributed by atoms with Crippen LogP contribution in [0.4, 0.5) is 4.79 Å². The van der Waals surface area contributed by atoms with E-state index in [2.05, 4.69) is 4.31 Å². The lowest BCUT2D eigenvalue weighted by molar-refractivity contribution is 0.136. The highest BCUT2D eigenvalue weighted by Gasteiger charge is 2.27. The van der Waals surface area contributed by atoms with E-state index in [0.717, 1.165) is 0 Å². The number of phosphoric acid groups is 2. The molecule has 0 aromatic rings. The molecule has 0 unspecified atom stereocenters. The molecular formula is CH6O10P2. The number of hydrogen-bond acceptors (Lipinski definition) is 4. The Balaban J connectivity index is 0. The SMILES string of the molecule is O=C(O)O.O=P(O)(O)OP(=O)(O)O. The molecule has 0 fully saturated rings. The van der Waals surface area contributed by atoms with Gasteiger partial charge in [-0.2, -0.15) is 4.31 Å². The molecule has 0 amide bonds. The van der Waals surface area contributed by atoms with Crippen LogP contribution in [0.3, 0.4) is 0 Å². The van der Waals surface area contributed by atoms with Gasteiger partial charge in [-0.3, -0.25) is 0 Å². The van der Waals surface area contributed by atoms with Crippen LogP contribution < -0.4 is 0 Å². The van der Waals surface area contributed by atoms with Crippen molar-refractivity contribution in [1.29, 1.82) is 0 Å². The van der Waals surface area contributed by atoms with Gasteiger partial charge in [-0.25, -0.2) is 13.9 Å². The Morgan fingerprint density at radius 1 is 0.923 bits per heavy atom. The maximum absolute atomic E-state index is 9.63. The zero-order valence-electron chi connectivity index (χ0n) is 5.71. The fraction of sp³-hybridized carbons (Fsp3) is 0. The molecule has 0 aliphatic rings. The van der Waals surface area contributed by atoms with E-state index in [1.807, 2.05) is 0 Å². The molecule has 0 aromatic carbocycles. The predicted molar refractivity (Wildman–Crippen MR) is 35.8 cm³/mol. The molecule has 12 heteroatoms. The summed E-state index contributed by atoms with van der Waals surface area (Å²) in [6, 6.07) is 0. The van der Waals surface area contributed by atoms with Crippen LogP contribution in [0.2, 0.25) is 0 Å². The van der Waals surface area contributed by atoms with Gasteiger partial charge in [-0.05, 0) is 0 Å². The summed E-state index contributed by atoms with van der Waals surface area (Å²) in [6.45, 7) is 0. The number of carboxylic acid groups (broad SMARTS) is 2. The van der Waals surface area contributed by atoms with Gasteiger partial charge in [0.15, 0.2) is 0 Å². The van der Waals surface area contributed by atoms with Crippen molar-refractivity contribution in [1.82, 2.24) is 0 Å². The van der Waals surface area contributed by atoms with Gasteiger partial charge in [-0.15, -0.1) is 0 Å². The van der Waals surface area contributed by atoms with Crippen molar-refractivity contribution >= 4 is 21.8 Å². The topological polar surface area (TPSA) is 182 Å². The summed E-state index contributed by atoms with van der Waals surface area (Å²) in [5, 5.41) is 13.9. The third kappa shape index (κ3) is 34.2. The number of hydrogen-bond donors (Lipinski definition) is 6. The van der Waals surface area contributed by atoms with Crippen LogP contribution >= 0.6 is 15.6 Å². The van der Waals surface area contributed by atoms with Gasteiger partial charge in [0.2, 0.25) is 0 Å². The molecule has 0 spiro atoms. The van der Waals surface area contributed by atoms with Crippen molar-refractivity contribution in [2.75, 3.05) is 0 Å². The Hall–Kier alpha value is -0.470. The first-order chi connectivity index (χ1) is 5.44. The lowest BCUT2D eigenvalue weighted by Gasteiger charge is -2.03. The predicted octanol–water partition coefficient (Wildman–Crippen LogP) is -0.589. The monoisotopic (exact) mass is 240 g/mol. The Bertz CT molecular complexity index is 218. The highest BCUT2D eigenvalue weighted by Crippen LogP contribution is 2.53. The van der Waals surface area contributed by atoms with Crippen LogP contribution in [0.1, 0.15) is 0 Å². The first-order valence-electron chi connectivity index (χ1n) is 2.18. The summed E-state index contributed by atoms with van der Waals surface area (Å²) in [7, 11) is -10.1. The summed E-state index contributed by atoms with van der Waals surface area (Å²) >= 11 is 0. The van der Waals surface area contributed by atoms with Crippen LogP contribution in [-0.2, 0) is 13.4 Å².